The van der Waals surface area contributed by atoms with Crippen molar-refractivity contribution in [2.45, 2.75) is 10.1 Å². The molecule has 0 saturated carbocycles. The van der Waals surface area contributed by atoms with Crippen LogP contribution in [0.3, 0.4) is 0 Å². The standard InChI is InChI=1S/C14H14N4OS3/c1-15-13-17-18-14(22-13)21-8-10-7-20-12(16-10)9-3-5-11(19-2)6-4-9/h3-7H,8H2,1-2H3,(H,15,17). The average Bonchev–Trinajstić information content (AvgIpc) is 3.22. The van der Waals surface area contributed by atoms with Gasteiger partial charge in [0.2, 0.25) is 5.13 Å². The Kier molecular flexibility index (Phi) is 4.91. The van der Waals surface area contributed by atoms with Gasteiger partial charge in [-0.25, -0.2) is 4.98 Å². The number of thiazole rings is 1. The molecule has 0 atom stereocenters. The van der Waals surface area contributed by atoms with E-state index in [1.54, 1.807) is 41.5 Å². The summed E-state index contributed by atoms with van der Waals surface area (Å²) in [5.41, 5.74) is 2.16. The lowest BCUT2D eigenvalue weighted by atomic mass is 10.2. The lowest BCUT2D eigenvalue weighted by molar-refractivity contribution is 0.415. The van der Waals surface area contributed by atoms with Crippen LogP contribution >= 0.6 is 34.4 Å². The van der Waals surface area contributed by atoms with Crippen molar-refractivity contribution < 1.29 is 4.74 Å². The molecule has 0 bridgehead atoms. The predicted molar refractivity (Wildman–Crippen MR) is 93.1 cm³/mol. The van der Waals surface area contributed by atoms with E-state index in [1.165, 1.54) is 0 Å². The smallest absolute Gasteiger partial charge is 0.206 e. The lowest BCUT2D eigenvalue weighted by Gasteiger charge is -2.00. The molecule has 22 heavy (non-hydrogen) atoms. The molecule has 3 aromatic rings. The molecular formula is C14H14N4OS3. The van der Waals surface area contributed by atoms with Crippen LogP contribution in [0, 0.1) is 0 Å². The molecule has 0 radical (unpaired) electrons. The van der Waals surface area contributed by atoms with Gasteiger partial charge in [-0.05, 0) is 24.3 Å². The van der Waals surface area contributed by atoms with Crippen molar-refractivity contribution in [3.8, 4) is 16.3 Å². The molecule has 2 aromatic heterocycles. The molecule has 0 amide bonds. The fraction of sp³-hybridized carbons (Fsp3) is 0.214. The van der Waals surface area contributed by atoms with Crippen molar-refractivity contribution in [3.05, 3.63) is 35.3 Å². The topological polar surface area (TPSA) is 59.9 Å². The minimum Gasteiger partial charge on any atom is -0.497 e. The summed E-state index contributed by atoms with van der Waals surface area (Å²) in [6, 6.07) is 7.95. The third kappa shape index (κ3) is 3.57. The van der Waals surface area contributed by atoms with Crippen LogP contribution in [0.1, 0.15) is 5.69 Å². The zero-order valence-corrected chi connectivity index (χ0v) is 14.5. The molecule has 0 unspecified atom stereocenters. The van der Waals surface area contributed by atoms with Crippen molar-refractivity contribution >= 4 is 39.6 Å². The fourth-order valence-corrected chi connectivity index (χ4v) is 4.27. The Morgan fingerprint density at radius 1 is 1.23 bits per heavy atom. The highest BCUT2D eigenvalue weighted by atomic mass is 32.2. The zero-order chi connectivity index (χ0) is 15.4. The first kappa shape index (κ1) is 15.3. The van der Waals surface area contributed by atoms with Crippen molar-refractivity contribution in [2.75, 3.05) is 19.5 Å². The van der Waals surface area contributed by atoms with Crippen LogP contribution in [-0.2, 0) is 5.75 Å². The second-order valence-electron chi connectivity index (χ2n) is 4.28. The summed E-state index contributed by atoms with van der Waals surface area (Å²) < 4.78 is 6.12. The van der Waals surface area contributed by atoms with Crippen molar-refractivity contribution in [2.24, 2.45) is 0 Å². The second-order valence-corrected chi connectivity index (χ2v) is 7.34. The summed E-state index contributed by atoms with van der Waals surface area (Å²) in [4.78, 5) is 4.68. The number of methoxy groups -OCH3 is 1. The molecule has 5 nitrogen and oxygen atoms in total. The fourth-order valence-electron chi connectivity index (χ4n) is 1.74. The largest absolute Gasteiger partial charge is 0.497 e. The van der Waals surface area contributed by atoms with Gasteiger partial charge < -0.3 is 10.1 Å². The molecule has 0 spiro atoms. The zero-order valence-electron chi connectivity index (χ0n) is 12.1. The van der Waals surface area contributed by atoms with Crippen molar-refractivity contribution in [3.63, 3.8) is 0 Å². The van der Waals surface area contributed by atoms with Crippen LogP contribution in [0.25, 0.3) is 10.6 Å². The number of ether oxygens (including phenoxy) is 1. The van der Waals surface area contributed by atoms with Gasteiger partial charge in [-0.3, -0.25) is 0 Å². The number of hydrogen-bond acceptors (Lipinski definition) is 8. The quantitative estimate of drug-likeness (QED) is 0.678. The first-order valence-corrected chi connectivity index (χ1v) is 9.19. The molecule has 1 aromatic carbocycles. The van der Waals surface area contributed by atoms with Crippen LogP contribution in [0.15, 0.2) is 34.0 Å². The van der Waals surface area contributed by atoms with E-state index in [0.29, 0.717) is 0 Å². The van der Waals surface area contributed by atoms with E-state index in [9.17, 15) is 0 Å². The van der Waals surface area contributed by atoms with E-state index in [1.807, 2.05) is 31.3 Å². The summed E-state index contributed by atoms with van der Waals surface area (Å²) in [6.07, 6.45) is 0. The summed E-state index contributed by atoms with van der Waals surface area (Å²) in [5, 5.41) is 15.1. The van der Waals surface area contributed by atoms with Gasteiger partial charge in [0.1, 0.15) is 10.8 Å². The molecule has 0 aliphatic carbocycles. The summed E-state index contributed by atoms with van der Waals surface area (Å²) in [7, 11) is 3.51. The monoisotopic (exact) mass is 350 g/mol. The Hall–Kier alpha value is -1.64. The molecule has 0 fully saturated rings. The molecule has 8 heteroatoms. The molecule has 114 valence electrons. The van der Waals surface area contributed by atoms with E-state index in [-0.39, 0.29) is 0 Å². The molecule has 1 N–H and O–H groups in total. The Labute approximate surface area is 140 Å². The molecule has 2 heterocycles. The maximum Gasteiger partial charge on any atom is 0.206 e. The van der Waals surface area contributed by atoms with Gasteiger partial charge in [0.05, 0.1) is 12.8 Å². The van der Waals surface area contributed by atoms with Crippen LogP contribution in [0.4, 0.5) is 5.13 Å². The van der Waals surface area contributed by atoms with Crippen molar-refractivity contribution in [1.82, 2.24) is 15.2 Å². The van der Waals surface area contributed by atoms with E-state index < -0.39 is 0 Å². The number of nitrogens with zero attached hydrogens (tertiary/aromatic N) is 3. The number of hydrogen-bond donors (Lipinski definition) is 1. The Morgan fingerprint density at radius 2 is 2.05 bits per heavy atom. The highest BCUT2D eigenvalue weighted by molar-refractivity contribution is 8.00. The molecule has 0 saturated heterocycles. The van der Waals surface area contributed by atoms with Gasteiger partial charge in [0.25, 0.3) is 0 Å². The van der Waals surface area contributed by atoms with Gasteiger partial charge in [-0.1, -0.05) is 23.1 Å². The number of nitrogens with one attached hydrogen (secondary N) is 1. The van der Waals surface area contributed by atoms with E-state index in [0.717, 1.165) is 37.2 Å². The Morgan fingerprint density at radius 3 is 2.73 bits per heavy atom. The van der Waals surface area contributed by atoms with E-state index in [2.05, 4.69) is 25.9 Å². The van der Waals surface area contributed by atoms with Gasteiger partial charge in [-0.15, -0.1) is 21.5 Å². The number of aromatic nitrogens is 3. The maximum atomic E-state index is 5.17. The van der Waals surface area contributed by atoms with Crippen LogP contribution in [0.5, 0.6) is 5.75 Å². The average molecular weight is 350 g/mol. The number of anilines is 1. The summed E-state index contributed by atoms with van der Waals surface area (Å²) in [5.74, 6) is 1.65. The minimum atomic E-state index is 0.797. The van der Waals surface area contributed by atoms with E-state index in [4.69, 9.17) is 4.74 Å². The first-order valence-electron chi connectivity index (χ1n) is 6.51. The Balaban J connectivity index is 1.65. The number of thioether (sulfide) groups is 1. The van der Waals surface area contributed by atoms with Crippen LogP contribution < -0.4 is 10.1 Å². The van der Waals surface area contributed by atoms with Gasteiger partial charge in [0, 0.05) is 23.7 Å². The van der Waals surface area contributed by atoms with Gasteiger partial charge in [-0.2, -0.15) is 0 Å². The summed E-state index contributed by atoms with van der Waals surface area (Å²) in [6.45, 7) is 0. The lowest BCUT2D eigenvalue weighted by Crippen LogP contribution is -1.84. The van der Waals surface area contributed by atoms with Crippen molar-refractivity contribution in [1.29, 1.82) is 0 Å². The predicted octanol–water partition coefficient (Wildman–Crippen LogP) is 4.00. The molecule has 0 aliphatic rings. The third-order valence-electron chi connectivity index (χ3n) is 2.85. The number of rotatable bonds is 6. The van der Waals surface area contributed by atoms with E-state index >= 15 is 0 Å². The molecule has 3 rings (SSSR count). The Bertz CT molecular complexity index is 739. The summed E-state index contributed by atoms with van der Waals surface area (Å²) >= 11 is 4.85. The number of benzene rings is 1. The molecular weight excluding hydrogens is 336 g/mol. The highest BCUT2D eigenvalue weighted by Crippen LogP contribution is 2.31. The minimum absolute atomic E-state index is 0.797. The first-order chi connectivity index (χ1) is 10.8. The highest BCUT2D eigenvalue weighted by Gasteiger charge is 2.08. The van der Waals surface area contributed by atoms with Crippen LogP contribution in [-0.4, -0.2) is 29.3 Å². The third-order valence-corrected chi connectivity index (χ3v) is 5.90. The second kappa shape index (κ2) is 7.08. The van der Waals surface area contributed by atoms with Gasteiger partial charge in [0.15, 0.2) is 4.34 Å². The van der Waals surface area contributed by atoms with Gasteiger partial charge >= 0.3 is 0 Å². The maximum absolute atomic E-state index is 5.17. The van der Waals surface area contributed by atoms with Crippen LogP contribution in [0.2, 0.25) is 0 Å². The normalized spacial score (nSPS) is 10.6. The molecule has 0 aliphatic heterocycles. The SMILES string of the molecule is CNc1nnc(SCc2csc(-c3ccc(OC)cc3)n2)s1.